The van der Waals surface area contributed by atoms with Gasteiger partial charge in [-0.05, 0) is 0 Å². The molecule has 5 heteroatoms. The van der Waals surface area contributed by atoms with E-state index in [1.807, 2.05) is 0 Å². The maximum Gasteiger partial charge on any atom is 0.139 e. The molecule has 0 saturated heterocycles. The summed E-state index contributed by atoms with van der Waals surface area (Å²) in [5.74, 6) is 0. The number of hydrogen-bond donors (Lipinski definition) is 0. The Labute approximate surface area is 56.9 Å². The molecule has 2 heterocycles. The first-order valence-corrected chi connectivity index (χ1v) is 2.80. The monoisotopic (exact) mass is 135 g/mol. The van der Waals surface area contributed by atoms with Crippen molar-refractivity contribution >= 4 is 0 Å². The van der Waals surface area contributed by atoms with Gasteiger partial charge in [-0.1, -0.05) is 0 Å². The Balaban J connectivity index is 2.48. The second kappa shape index (κ2) is 1.94. The normalized spacial score (nSPS) is 10.0. The van der Waals surface area contributed by atoms with Crippen molar-refractivity contribution in [3.05, 3.63) is 31.4 Å². The van der Waals surface area contributed by atoms with Gasteiger partial charge in [-0.3, -0.25) is 0 Å². The Morgan fingerprint density at radius 2 is 2.10 bits per heavy atom. The highest BCUT2D eigenvalue weighted by molar-refractivity contribution is 4.75. The largest absolute Gasteiger partial charge is 0.243 e. The van der Waals surface area contributed by atoms with Gasteiger partial charge in [0.2, 0.25) is 0 Å². The van der Waals surface area contributed by atoms with Crippen molar-refractivity contribution in [3.8, 4) is 0 Å². The van der Waals surface area contributed by atoms with Gasteiger partial charge in [0.05, 0.1) is 0 Å². The zero-order valence-electron chi connectivity index (χ0n) is 5.12. The van der Waals surface area contributed by atoms with Gasteiger partial charge in [0, 0.05) is 12.4 Å². The van der Waals surface area contributed by atoms with Crippen molar-refractivity contribution < 1.29 is 0 Å². The van der Waals surface area contributed by atoms with Crippen LogP contribution in [0.2, 0.25) is 0 Å². The van der Waals surface area contributed by atoms with Crippen molar-refractivity contribution in [2.75, 3.05) is 0 Å². The topological polar surface area (TPSA) is 48.5 Å². The fourth-order valence-corrected chi connectivity index (χ4v) is 0.695. The predicted molar refractivity (Wildman–Crippen MR) is 33.0 cm³/mol. The summed E-state index contributed by atoms with van der Waals surface area (Å²) < 4.78 is 1.72. The summed E-state index contributed by atoms with van der Waals surface area (Å²) in [7, 11) is 0. The maximum atomic E-state index is 3.89. The van der Waals surface area contributed by atoms with Crippen molar-refractivity contribution in [2.45, 2.75) is 0 Å². The summed E-state index contributed by atoms with van der Waals surface area (Å²) in [6, 6.07) is 0. The van der Waals surface area contributed by atoms with Crippen LogP contribution in [0.4, 0.5) is 0 Å². The highest BCUT2D eigenvalue weighted by atomic mass is 15.6. The number of aromatic nitrogens is 5. The average molecular weight is 135 g/mol. The van der Waals surface area contributed by atoms with E-state index in [-0.39, 0.29) is 0 Å². The van der Waals surface area contributed by atoms with Crippen molar-refractivity contribution in [1.29, 1.82) is 0 Å². The Morgan fingerprint density at radius 3 is 2.70 bits per heavy atom. The molecular formula is C5H5N5. The predicted octanol–water partition coefficient (Wildman–Crippen LogP) is -0.214. The van der Waals surface area contributed by atoms with Crippen LogP contribution in [0.1, 0.15) is 0 Å². The lowest BCUT2D eigenvalue weighted by atomic mass is 11.0. The first-order chi connectivity index (χ1) is 4.97. The molecule has 2 aromatic rings. The van der Waals surface area contributed by atoms with E-state index in [0.29, 0.717) is 0 Å². The van der Waals surface area contributed by atoms with Gasteiger partial charge in [0.1, 0.15) is 19.0 Å². The lowest BCUT2D eigenvalue weighted by Gasteiger charge is -1.95. The Kier molecular flexibility index (Phi) is 1.00. The second-order valence-corrected chi connectivity index (χ2v) is 1.76. The van der Waals surface area contributed by atoms with Gasteiger partial charge in [-0.15, -0.1) is 5.10 Å². The summed E-state index contributed by atoms with van der Waals surface area (Å²) in [4.78, 5) is 9.21. The van der Waals surface area contributed by atoms with E-state index in [9.17, 15) is 0 Å². The minimum absolute atomic E-state index is 1.47. The minimum Gasteiger partial charge on any atom is -0.243 e. The lowest BCUT2D eigenvalue weighted by Crippen LogP contribution is -2.05. The SMILES string of the molecule is c1cn(-n2cncn2)cn1. The molecule has 0 N–H and O–H groups in total. The molecular weight excluding hydrogens is 130 g/mol. The summed E-state index contributed by atoms with van der Waals surface area (Å²) in [5, 5.41) is 3.89. The molecule has 0 aliphatic heterocycles. The smallest absolute Gasteiger partial charge is 0.139 e. The fraction of sp³-hybridized carbons (Fsp3) is 0. The van der Waals surface area contributed by atoms with Gasteiger partial charge in [-0.2, -0.15) is 4.79 Å². The number of imidazole rings is 1. The van der Waals surface area contributed by atoms with Crippen LogP contribution in [-0.4, -0.2) is 24.5 Å². The van der Waals surface area contributed by atoms with Crippen LogP contribution < -0.4 is 0 Å². The van der Waals surface area contributed by atoms with E-state index >= 15 is 0 Å². The molecule has 2 aromatic heterocycles. The van der Waals surface area contributed by atoms with Crippen molar-refractivity contribution in [1.82, 2.24) is 24.5 Å². The number of rotatable bonds is 1. The van der Waals surface area contributed by atoms with Gasteiger partial charge >= 0.3 is 0 Å². The van der Waals surface area contributed by atoms with Crippen LogP contribution in [0.25, 0.3) is 0 Å². The molecule has 0 unspecified atom stereocenters. The maximum absolute atomic E-state index is 3.89. The van der Waals surface area contributed by atoms with E-state index in [4.69, 9.17) is 0 Å². The molecule has 50 valence electrons. The van der Waals surface area contributed by atoms with Crippen molar-refractivity contribution in [2.24, 2.45) is 0 Å². The third-order valence-electron chi connectivity index (χ3n) is 1.13. The van der Waals surface area contributed by atoms with Crippen LogP contribution >= 0.6 is 0 Å². The van der Waals surface area contributed by atoms with Crippen LogP contribution in [0.3, 0.4) is 0 Å². The van der Waals surface area contributed by atoms with Crippen LogP contribution in [0, 0.1) is 0 Å². The van der Waals surface area contributed by atoms with E-state index < -0.39 is 0 Å². The van der Waals surface area contributed by atoms with E-state index in [1.54, 1.807) is 34.5 Å². The van der Waals surface area contributed by atoms with Crippen molar-refractivity contribution in [3.63, 3.8) is 0 Å². The van der Waals surface area contributed by atoms with E-state index in [2.05, 4.69) is 15.1 Å². The van der Waals surface area contributed by atoms with E-state index in [1.165, 1.54) is 6.33 Å². The molecule has 0 aromatic carbocycles. The van der Waals surface area contributed by atoms with Gasteiger partial charge in [-0.25, -0.2) is 14.6 Å². The minimum atomic E-state index is 1.47. The molecule has 0 bridgehead atoms. The first-order valence-electron chi connectivity index (χ1n) is 2.80. The van der Waals surface area contributed by atoms with Crippen LogP contribution in [0.5, 0.6) is 0 Å². The zero-order valence-corrected chi connectivity index (χ0v) is 5.12. The van der Waals surface area contributed by atoms with Crippen LogP contribution in [0.15, 0.2) is 31.4 Å². The van der Waals surface area contributed by atoms with Gasteiger partial charge in [0.25, 0.3) is 0 Å². The molecule has 0 aliphatic carbocycles. The summed E-state index contributed by atoms with van der Waals surface area (Å²) in [5.41, 5.74) is 0. The number of hydrogen-bond acceptors (Lipinski definition) is 3. The molecule has 2 rings (SSSR count). The molecule has 0 amide bonds. The standard InChI is InChI=1S/C5H5N5/c1-2-9(4-6-1)10-5-7-3-8-10/h1-5H. The molecule has 0 atom stereocenters. The molecule has 0 radical (unpaired) electrons. The highest BCUT2D eigenvalue weighted by Crippen LogP contribution is 1.84. The average Bonchev–Trinajstić information content (AvgIpc) is 2.59. The molecule has 10 heavy (non-hydrogen) atoms. The molecule has 0 saturated carbocycles. The third kappa shape index (κ3) is 0.680. The molecule has 5 nitrogen and oxygen atoms in total. The summed E-state index contributed by atoms with van der Waals surface area (Å²) >= 11 is 0. The zero-order chi connectivity index (χ0) is 6.81. The quantitative estimate of drug-likeness (QED) is 0.543. The van der Waals surface area contributed by atoms with Crippen LogP contribution in [-0.2, 0) is 0 Å². The van der Waals surface area contributed by atoms with E-state index in [0.717, 1.165) is 0 Å². The molecule has 0 spiro atoms. The summed E-state index contributed by atoms with van der Waals surface area (Å²) in [6.45, 7) is 0. The van der Waals surface area contributed by atoms with Gasteiger partial charge in [0.15, 0.2) is 0 Å². The third-order valence-corrected chi connectivity index (χ3v) is 1.13. The Bertz CT molecular complexity index is 249. The highest BCUT2D eigenvalue weighted by Gasteiger charge is 1.89. The fourth-order valence-electron chi connectivity index (χ4n) is 0.695. The second-order valence-electron chi connectivity index (χ2n) is 1.76. The lowest BCUT2D eigenvalue weighted by molar-refractivity contribution is 0.571. The summed E-state index contributed by atoms with van der Waals surface area (Å²) in [6.07, 6.45) is 8.19. The van der Waals surface area contributed by atoms with Gasteiger partial charge < -0.3 is 0 Å². The molecule has 0 fully saturated rings. The first kappa shape index (κ1) is 5.16. The number of nitrogens with zero attached hydrogens (tertiary/aromatic N) is 5. The molecule has 0 aliphatic rings. The Morgan fingerprint density at radius 1 is 1.10 bits per heavy atom. The Hall–Kier alpha value is -1.65.